The highest BCUT2D eigenvalue weighted by molar-refractivity contribution is 5.77. The zero-order valence-corrected chi connectivity index (χ0v) is 9.97. The van der Waals surface area contributed by atoms with E-state index >= 15 is 0 Å². The number of nitrogens with two attached hydrogens (primary N) is 1. The molecule has 0 atom stereocenters. The van der Waals surface area contributed by atoms with Gasteiger partial charge in [0.15, 0.2) is 0 Å². The van der Waals surface area contributed by atoms with Gasteiger partial charge in [-0.15, -0.1) is 0 Å². The molecule has 0 unspecified atom stereocenters. The van der Waals surface area contributed by atoms with Crippen LogP contribution in [0.4, 0.5) is 5.95 Å². The number of fused-ring (bicyclic) bond motifs is 1. The Bertz CT molecular complexity index is 509. The minimum Gasteiger partial charge on any atom is -0.369 e. The first kappa shape index (κ1) is 10.6. The second-order valence-corrected chi connectivity index (χ2v) is 4.85. The van der Waals surface area contributed by atoms with E-state index in [0.29, 0.717) is 12.0 Å². The van der Waals surface area contributed by atoms with Gasteiger partial charge in [-0.05, 0) is 18.9 Å². The minimum atomic E-state index is 0.518. The lowest BCUT2D eigenvalue weighted by atomic mass is 10.1. The molecule has 2 aromatic rings. The monoisotopic (exact) mass is 230 g/mol. The summed E-state index contributed by atoms with van der Waals surface area (Å²) in [7, 11) is 0. The van der Waals surface area contributed by atoms with Crippen molar-refractivity contribution in [3.05, 3.63) is 18.5 Å². The second-order valence-electron chi connectivity index (χ2n) is 4.85. The van der Waals surface area contributed by atoms with Gasteiger partial charge in [-0.3, -0.25) is 4.98 Å². The topological polar surface area (TPSA) is 56.7 Å². The Kier molecular flexibility index (Phi) is 2.71. The molecule has 0 bridgehead atoms. The van der Waals surface area contributed by atoms with Gasteiger partial charge in [0.2, 0.25) is 5.95 Å². The number of hydrogen-bond acceptors (Lipinski definition) is 3. The number of nitrogens with zero attached hydrogens (tertiary/aromatic N) is 3. The molecule has 2 N–H and O–H groups in total. The van der Waals surface area contributed by atoms with E-state index in [1.165, 1.54) is 38.5 Å². The maximum absolute atomic E-state index is 6.06. The van der Waals surface area contributed by atoms with Gasteiger partial charge in [-0.1, -0.05) is 25.7 Å². The SMILES string of the molecule is Nc1nc2cnccc2n1C1CCCCCC1. The molecule has 1 aliphatic carbocycles. The standard InChI is InChI=1S/C13H18N4/c14-13-16-11-9-15-8-7-12(11)17(13)10-5-3-1-2-4-6-10/h7-10H,1-6H2,(H2,14,16). The Morgan fingerprint density at radius 3 is 2.71 bits per heavy atom. The van der Waals surface area contributed by atoms with Crippen molar-refractivity contribution in [2.75, 3.05) is 5.73 Å². The van der Waals surface area contributed by atoms with Gasteiger partial charge >= 0.3 is 0 Å². The van der Waals surface area contributed by atoms with Crippen molar-refractivity contribution in [2.45, 2.75) is 44.6 Å². The molecule has 0 saturated heterocycles. The number of anilines is 1. The summed E-state index contributed by atoms with van der Waals surface area (Å²) in [5.41, 5.74) is 8.10. The van der Waals surface area contributed by atoms with Gasteiger partial charge in [0, 0.05) is 12.2 Å². The van der Waals surface area contributed by atoms with Crippen LogP contribution in [0.1, 0.15) is 44.6 Å². The zero-order chi connectivity index (χ0) is 11.7. The fourth-order valence-corrected chi connectivity index (χ4v) is 2.87. The first-order chi connectivity index (χ1) is 8.36. The van der Waals surface area contributed by atoms with Crippen LogP contribution >= 0.6 is 0 Å². The molecule has 90 valence electrons. The van der Waals surface area contributed by atoms with Crippen LogP contribution < -0.4 is 5.73 Å². The average Bonchev–Trinajstić information content (AvgIpc) is 2.53. The van der Waals surface area contributed by atoms with Gasteiger partial charge in [0.05, 0.1) is 11.7 Å². The Labute approximate surface area is 101 Å². The van der Waals surface area contributed by atoms with Crippen molar-refractivity contribution in [2.24, 2.45) is 0 Å². The van der Waals surface area contributed by atoms with E-state index in [1.807, 2.05) is 12.3 Å². The third kappa shape index (κ3) is 1.88. The molecule has 0 spiro atoms. The number of rotatable bonds is 1. The summed E-state index contributed by atoms with van der Waals surface area (Å²) in [4.78, 5) is 8.50. The Morgan fingerprint density at radius 1 is 1.18 bits per heavy atom. The number of imidazole rings is 1. The molecule has 2 aromatic heterocycles. The van der Waals surface area contributed by atoms with E-state index in [1.54, 1.807) is 6.20 Å². The molecule has 4 heteroatoms. The molecule has 0 aromatic carbocycles. The lowest BCUT2D eigenvalue weighted by molar-refractivity contribution is 0.459. The molecule has 0 amide bonds. The van der Waals surface area contributed by atoms with Crippen molar-refractivity contribution in [3.63, 3.8) is 0 Å². The van der Waals surface area contributed by atoms with Gasteiger partial charge < -0.3 is 10.3 Å². The summed E-state index contributed by atoms with van der Waals surface area (Å²) >= 11 is 0. The summed E-state index contributed by atoms with van der Waals surface area (Å²) in [5, 5.41) is 0. The number of aromatic nitrogens is 3. The van der Waals surface area contributed by atoms with Crippen LogP contribution in [0, 0.1) is 0 Å². The van der Waals surface area contributed by atoms with Crippen LogP contribution in [0.15, 0.2) is 18.5 Å². The van der Waals surface area contributed by atoms with E-state index in [9.17, 15) is 0 Å². The molecule has 4 nitrogen and oxygen atoms in total. The summed E-state index contributed by atoms with van der Waals surface area (Å²) < 4.78 is 2.21. The van der Waals surface area contributed by atoms with Gasteiger partial charge in [-0.25, -0.2) is 4.98 Å². The first-order valence-corrected chi connectivity index (χ1v) is 6.43. The maximum Gasteiger partial charge on any atom is 0.201 e. The van der Waals surface area contributed by atoms with Gasteiger partial charge in [0.25, 0.3) is 0 Å². The lowest BCUT2D eigenvalue weighted by Crippen LogP contribution is -2.11. The van der Waals surface area contributed by atoms with Crippen LogP contribution in [-0.2, 0) is 0 Å². The molecule has 1 fully saturated rings. The lowest BCUT2D eigenvalue weighted by Gasteiger charge is -2.18. The second kappa shape index (κ2) is 4.35. The molecule has 0 radical (unpaired) electrons. The molecule has 1 aliphatic rings. The summed E-state index contributed by atoms with van der Waals surface area (Å²) in [6.45, 7) is 0. The number of nitrogen functional groups attached to an aromatic ring is 1. The third-order valence-electron chi connectivity index (χ3n) is 3.71. The van der Waals surface area contributed by atoms with E-state index in [-0.39, 0.29) is 0 Å². The zero-order valence-electron chi connectivity index (χ0n) is 9.97. The van der Waals surface area contributed by atoms with E-state index in [4.69, 9.17) is 5.73 Å². The molecular weight excluding hydrogens is 212 g/mol. The van der Waals surface area contributed by atoms with Crippen LogP contribution in [0.2, 0.25) is 0 Å². The maximum atomic E-state index is 6.06. The van der Waals surface area contributed by atoms with Crippen LogP contribution in [0.5, 0.6) is 0 Å². The molecule has 2 heterocycles. The summed E-state index contributed by atoms with van der Waals surface area (Å²) in [5.74, 6) is 0.639. The van der Waals surface area contributed by atoms with E-state index < -0.39 is 0 Å². The summed E-state index contributed by atoms with van der Waals surface area (Å²) in [6.07, 6.45) is 11.4. The molecule has 1 saturated carbocycles. The van der Waals surface area contributed by atoms with Crippen LogP contribution in [-0.4, -0.2) is 14.5 Å². The highest BCUT2D eigenvalue weighted by Gasteiger charge is 2.19. The molecule has 0 aliphatic heterocycles. The van der Waals surface area contributed by atoms with Crippen molar-refractivity contribution in [1.29, 1.82) is 0 Å². The fraction of sp³-hybridized carbons (Fsp3) is 0.538. The predicted octanol–water partition coefficient (Wildman–Crippen LogP) is 2.91. The van der Waals surface area contributed by atoms with Crippen LogP contribution in [0.25, 0.3) is 11.0 Å². The van der Waals surface area contributed by atoms with Crippen molar-refractivity contribution < 1.29 is 0 Å². The third-order valence-corrected chi connectivity index (χ3v) is 3.71. The summed E-state index contributed by atoms with van der Waals surface area (Å²) in [6, 6.07) is 2.54. The number of pyridine rings is 1. The largest absolute Gasteiger partial charge is 0.369 e. The predicted molar refractivity (Wildman–Crippen MR) is 68.7 cm³/mol. The van der Waals surface area contributed by atoms with Crippen molar-refractivity contribution in [1.82, 2.24) is 14.5 Å². The van der Waals surface area contributed by atoms with Crippen molar-refractivity contribution >= 4 is 17.0 Å². The quantitative estimate of drug-likeness (QED) is 0.766. The van der Waals surface area contributed by atoms with Gasteiger partial charge in [0.1, 0.15) is 5.52 Å². The highest BCUT2D eigenvalue weighted by Crippen LogP contribution is 2.32. The fourth-order valence-electron chi connectivity index (χ4n) is 2.87. The average molecular weight is 230 g/mol. The Balaban J connectivity index is 2.05. The smallest absolute Gasteiger partial charge is 0.201 e. The first-order valence-electron chi connectivity index (χ1n) is 6.43. The molecular formula is C13H18N4. The molecule has 17 heavy (non-hydrogen) atoms. The highest BCUT2D eigenvalue weighted by atomic mass is 15.2. The van der Waals surface area contributed by atoms with Crippen molar-refractivity contribution in [3.8, 4) is 0 Å². The van der Waals surface area contributed by atoms with Crippen LogP contribution in [0.3, 0.4) is 0 Å². The normalized spacial score (nSPS) is 18.4. The van der Waals surface area contributed by atoms with E-state index in [0.717, 1.165) is 11.0 Å². The van der Waals surface area contributed by atoms with E-state index in [2.05, 4.69) is 14.5 Å². The Morgan fingerprint density at radius 2 is 1.94 bits per heavy atom. The number of hydrogen-bond donors (Lipinski definition) is 1. The molecule has 3 rings (SSSR count). The minimum absolute atomic E-state index is 0.518. The Hall–Kier alpha value is -1.58. The van der Waals surface area contributed by atoms with Gasteiger partial charge in [-0.2, -0.15) is 0 Å².